The van der Waals surface area contributed by atoms with Gasteiger partial charge in [-0.25, -0.2) is 26.4 Å². The number of sulfonamides is 2. The Bertz CT molecular complexity index is 705. The van der Waals surface area contributed by atoms with E-state index < -0.39 is 35.7 Å². The minimum absolute atomic E-state index is 0.307. The maximum atomic E-state index is 13.5. The van der Waals surface area contributed by atoms with E-state index >= 15 is 0 Å². The molecular weight excluding hydrogens is 283 g/mol. The zero-order valence-electron chi connectivity index (χ0n) is 8.92. The van der Waals surface area contributed by atoms with Crippen LogP contribution in [0.3, 0.4) is 0 Å². The summed E-state index contributed by atoms with van der Waals surface area (Å²) in [5, 5.41) is 4.78. The summed E-state index contributed by atoms with van der Waals surface area (Å²) in [7, 11) is -8.21. The van der Waals surface area contributed by atoms with Crippen molar-refractivity contribution in [2.24, 2.45) is 5.14 Å². The van der Waals surface area contributed by atoms with Gasteiger partial charge in [-0.2, -0.15) is 4.72 Å². The molecule has 1 aromatic rings. The molecule has 0 radical (unpaired) electrons. The van der Waals surface area contributed by atoms with Crippen molar-refractivity contribution in [3.63, 3.8) is 0 Å². The van der Waals surface area contributed by atoms with Crippen molar-refractivity contribution in [1.82, 2.24) is 4.72 Å². The molecule has 1 rings (SSSR count). The van der Waals surface area contributed by atoms with Crippen LogP contribution in [0, 0.1) is 18.2 Å². The molecule has 1 aromatic carbocycles. The van der Waals surface area contributed by atoms with Gasteiger partial charge in [0, 0.05) is 0 Å². The Morgan fingerprint density at radius 3 is 2.39 bits per heavy atom. The third-order valence-electron chi connectivity index (χ3n) is 1.89. The second kappa shape index (κ2) is 5.03. The van der Waals surface area contributed by atoms with Crippen LogP contribution in [0.15, 0.2) is 28.0 Å². The van der Waals surface area contributed by atoms with E-state index in [0.29, 0.717) is 6.07 Å². The number of hydrogen-bond donors (Lipinski definition) is 2. The van der Waals surface area contributed by atoms with E-state index in [-0.39, 0.29) is 6.54 Å². The lowest BCUT2D eigenvalue weighted by molar-refractivity contribution is 0.555. The van der Waals surface area contributed by atoms with E-state index in [0.717, 1.165) is 12.1 Å². The van der Waals surface area contributed by atoms with Gasteiger partial charge in [-0.1, -0.05) is 5.92 Å². The van der Waals surface area contributed by atoms with E-state index in [4.69, 9.17) is 11.6 Å². The van der Waals surface area contributed by atoms with Gasteiger partial charge in [-0.15, -0.1) is 6.42 Å². The number of nitrogens with one attached hydrogen (secondary N) is 1. The average molecular weight is 292 g/mol. The van der Waals surface area contributed by atoms with Crippen LogP contribution < -0.4 is 9.86 Å². The summed E-state index contributed by atoms with van der Waals surface area (Å²) in [5.74, 6) is 0.790. The van der Waals surface area contributed by atoms with Gasteiger partial charge in [0.05, 0.1) is 11.4 Å². The van der Waals surface area contributed by atoms with E-state index in [9.17, 15) is 21.2 Å². The molecule has 0 aliphatic carbocycles. The summed E-state index contributed by atoms with van der Waals surface area (Å²) < 4.78 is 60.4. The van der Waals surface area contributed by atoms with Crippen LogP contribution in [0.4, 0.5) is 4.39 Å². The fourth-order valence-corrected chi connectivity index (χ4v) is 2.61. The largest absolute Gasteiger partial charge is 0.244 e. The third-order valence-corrected chi connectivity index (χ3v) is 4.23. The Morgan fingerprint density at radius 2 is 1.94 bits per heavy atom. The second-order valence-corrected chi connectivity index (χ2v) is 6.46. The van der Waals surface area contributed by atoms with Crippen LogP contribution in [-0.4, -0.2) is 23.4 Å². The van der Waals surface area contributed by atoms with Crippen LogP contribution >= 0.6 is 0 Å². The first kappa shape index (κ1) is 14.6. The number of nitrogens with two attached hydrogens (primary N) is 1. The van der Waals surface area contributed by atoms with Gasteiger partial charge in [-0.3, -0.25) is 0 Å². The number of primary sulfonamides is 1. The molecular formula is C9H9FN2O4S2. The van der Waals surface area contributed by atoms with E-state index in [1.807, 2.05) is 10.6 Å². The maximum Gasteiger partial charge on any atom is 0.244 e. The van der Waals surface area contributed by atoms with Gasteiger partial charge in [0.15, 0.2) is 0 Å². The van der Waals surface area contributed by atoms with Crippen LogP contribution in [0.5, 0.6) is 0 Å². The van der Waals surface area contributed by atoms with E-state index in [1.165, 1.54) is 0 Å². The van der Waals surface area contributed by atoms with Crippen molar-refractivity contribution < 1.29 is 21.2 Å². The quantitative estimate of drug-likeness (QED) is 0.721. The Kier molecular flexibility index (Phi) is 4.08. The predicted octanol–water partition coefficient (Wildman–Crippen LogP) is -0.615. The van der Waals surface area contributed by atoms with E-state index in [1.54, 1.807) is 0 Å². The zero-order chi connectivity index (χ0) is 14.0. The van der Waals surface area contributed by atoms with Gasteiger partial charge in [-0.05, 0) is 18.2 Å². The van der Waals surface area contributed by atoms with Crippen LogP contribution in [0.1, 0.15) is 0 Å². The molecule has 0 fully saturated rings. The first-order valence-electron chi connectivity index (χ1n) is 4.44. The summed E-state index contributed by atoms with van der Waals surface area (Å²) in [6.07, 6.45) is 4.87. The molecule has 0 atom stereocenters. The van der Waals surface area contributed by atoms with Gasteiger partial charge in [0.1, 0.15) is 10.7 Å². The average Bonchev–Trinajstić information content (AvgIpc) is 2.24. The van der Waals surface area contributed by atoms with Crippen molar-refractivity contribution in [3.8, 4) is 12.3 Å². The third kappa shape index (κ3) is 3.27. The number of halogens is 1. The molecule has 0 saturated carbocycles. The molecule has 0 aromatic heterocycles. The Labute approximate surface area is 104 Å². The molecule has 0 spiro atoms. The smallest absolute Gasteiger partial charge is 0.225 e. The summed E-state index contributed by atoms with van der Waals surface area (Å²) in [6, 6.07) is 2.22. The molecule has 9 heteroatoms. The topological polar surface area (TPSA) is 106 Å². The molecule has 0 aliphatic heterocycles. The second-order valence-electron chi connectivity index (χ2n) is 3.17. The van der Waals surface area contributed by atoms with E-state index in [2.05, 4.69) is 0 Å². The fraction of sp³-hybridized carbons (Fsp3) is 0.111. The molecule has 0 bridgehead atoms. The molecule has 0 unspecified atom stereocenters. The molecule has 0 saturated heterocycles. The highest BCUT2D eigenvalue weighted by atomic mass is 32.2. The SMILES string of the molecule is C#CCNS(=O)(=O)c1ccc(S(N)(=O)=O)cc1F. The normalized spacial score (nSPS) is 12.1. The summed E-state index contributed by atoms with van der Waals surface area (Å²) in [5.41, 5.74) is 0. The van der Waals surface area contributed by atoms with Gasteiger partial charge >= 0.3 is 0 Å². The highest BCUT2D eigenvalue weighted by Crippen LogP contribution is 2.17. The van der Waals surface area contributed by atoms with Crippen molar-refractivity contribution in [2.45, 2.75) is 9.79 Å². The van der Waals surface area contributed by atoms with Crippen molar-refractivity contribution in [1.29, 1.82) is 0 Å². The lowest BCUT2D eigenvalue weighted by Crippen LogP contribution is -2.25. The Hall–Kier alpha value is -1.47. The molecule has 0 heterocycles. The standard InChI is InChI=1S/C9H9FN2O4S2/c1-2-5-12-18(15,16)9-4-3-7(6-8(9)10)17(11,13)14/h1,3-4,6,12H,5H2,(H2,11,13,14). The first-order valence-corrected chi connectivity index (χ1v) is 7.47. The number of rotatable bonds is 4. The predicted molar refractivity (Wildman–Crippen MR) is 61.8 cm³/mol. The zero-order valence-corrected chi connectivity index (χ0v) is 10.6. The van der Waals surface area contributed by atoms with Crippen LogP contribution in [0.25, 0.3) is 0 Å². The lowest BCUT2D eigenvalue weighted by atomic mass is 10.3. The lowest BCUT2D eigenvalue weighted by Gasteiger charge is -2.06. The highest BCUT2D eigenvalue weighted by Gasteiger charge is 2.20. The fourth-order valence-electron chi connectivity index (χ4n) is 1.09. The minimum Gasteiger partial charge on any atom is -0.225 e. The van der Waals surface area contributed by atoms with Crippen molar-refractivity contribution in [3.05, 3.63) is 24.0 Å². The number of terminal acetylenes is 1. The number of benzene rings is 1. The molecule has 0 amide bonds. The molecule has 3 N–H and O–H groups in total. The van der Waals surface area contributed by atoms with Crippen LogP contribution in [0.2, 0.25) is 0 Å². The Morgan fingerprint density at radius 1 is 1.33 bits per heavy atom. The summed E-state index contributed by atoms with van der Waals surface area (Å²) in [6.45, 7) is -0.307. The molecule has 6 nitrogen and oxygen atoms in total. The van der Waals surface area contributed by atoms with Crippen molar-refractivity contribution in [2.75, 3.05) is 6.54 Å². The Balaban J connectivity index is 3.27. The van der Waals surface area contributed by atoms with Gasteiger partial charge in [0.2, 0.25) is 20.0 Å². The molecule has 0 aliphatic rings. The number of hydrogen-bond acceptors (Lipinski definition) is 4. The van der Waals surface area contributed by atoms with Crippen LogP contribution in [-0.2, 0) is 20.0 Å². The molecule has 18 heavy (non-hydrogen) atoms. The maximum absolute atomic E-state index is 13.5. The molecule has 98 valence electrons. The van der Waals surface area contributed by atoms with Crippen molar-refractivity contribution >= 4 is 20.0 Å². The minimum atomic E-state index is -4.12. The monoisotopic (exact) mass is 292 g/mol. The van der Waals surface area contributed by atoms with Gasteiger partial charge < -0.3 is 0 Å². The van der Waals surface area contributed by atoms with Gasteiger partial charge in [0.25, 0.3) is 0 Å². The first-order chi connectivity index (χ1) is 8.18. The summed E-state index contributed by atoms with van der Waals surface area (Å²) >= 11 is 0. The highest BCUT2D eigenvalue weighted by molar-refractivity contribution is 7.89. The summed E-state index contributed by atoms with van der Waals surface area (Å²) in [4.78, 5) is -1.22.